The van der Waals surface area contributed by atoms with Gasteiger partial charge in [0.2, 0.25) is 11.8 Å². The molecule has 0 saturated carbocycles. The van der Waals surface area contributed by atoms with Crippen LogP contribution in [-0.4, -0.2) is 29.0 Å². The van der Waals surface area contributed by atoms with Gasteiger partial charge in [0.1, 0.15) is 23.7 Å². The summed E-state index contributed by atoms with van der Waals surface area (Å²) in [6.07, 6.45) is -0.679. The zero-order chi connectivity index (χ0) is 34.1. The van der Waals surface area contributed by atoms with Crippen LogP contribution in [-0.2, 0) is 4.74 Å². The molecule has 0 fully saturated rings. The van der Waals surface area contributed by atoms with E-state index in [2.05, 4.69) is 100 Å². The van der Waals surface area contributed by atoms with Crippen LogP contribution >= 0.6 is 0 Å². The van der Waals surface area contributed by atoms with Gasteiger partial charge in [-0.05, 0) is 46.5 Å². The van der Waals surface area contributed by atoms with Crippen LogP contribution in [0.1, 0.15) is 51.3 Å². The predicted molar refractivity (Wildman–Crippen MR) is 205 cm³/mol. The molecule has 2 unspecified atom stereocenters. The molecule has 4 aromatic carbocycles. The molecule has 2 atom stereocenters. The number of benzene rings is 4. The van der Waals surface area contributed by atoms with Crippen molar-refractivity contribution >= 4 is 29.4 Å². The van der Waals surface area contributed by atoms with E-state index >= 15 is 0 Å². The first-order chi connectivity index (χ1) is 23.7. The molecule has 5 nitrogen and oxygen atoms in total. The second kappa shape index (κ2) is 15.6. The van der Waals surface area contributed by atoms with E-state index in [4.69, 9.17) is 24.2 Å². The van der Waals surface area contributed by atoms with Gasteiger partial charge in [-0.15, -0.1) is 0 Å². The molecule has 248 valence electrons. The topological polar surface area (TPSA) is 53.5 Å². The third kappa shape index (κ3) is 9.20. The van der Waals surface area contributed by atoms with E-state index in [1.54, 1.807) is 0 Å². The van der Waals surface area contributed by atoms with Crippen molar-refractivity contribution in [2.24, 2.45) is 0 Å². The molecule has 2 heterocycles. The Morgan fingerprint density at radius 1 is 0.429 bits per heavy atom. The number of nitrogens with zero attached hydrogens (tertiary/aromatic N) is 2. The maximum Gasteiger partial charge on any atom is 0.219 e. The van der Waals surface area contributed by atoms with Crippen LogP contribution in [0.2, 0.25) is 10.1 Å². The Morgan fingerprint density at radius 3 is 1.14 bits per heavy atom. The van der Waals surface area contributed by atoms with Crippen LogP contribution in [0.3, 0.4) is 0 Å². The van der Waals surface area contributed by atoms with E-state index in [9.17, 15) is 0 Å². The minimum atomic E-state index is -0.854. The van der Waals surface area contributed by atoms with Crippen molar-refractivity contribution in [2.45, 2.75) is 50.0 Å². The monoisotopic (exact) mass is 680 g/mol. The van der Waals surface area contributed by atoms with Crippen LogP contribution < -0.4 is 19.8 Å². The number of hydrogen-bond donors (Lipinski definition) is 0. The first-order valence-electron chi connectivity index (χ1n) is 16.9. The summed E-state index contributed by atoms with van der Waals surface area (Å²) in [6, 6.07) is 53.2. The van der Waals surface area contributed by atoms with Gasteiger partial charge in [0, 0.05) is 12.1 Å². The lowest BCUT2D eigenvalue weighted by Crippen LogP contribution is -2.37. The summed E-state index contributed by atoms with van der Waals surface area (Å²) < 4.78 is 20.0. The SMILES string of the molecule is CC(C)([SiH2]c1ccccc1)C(OC(c1cccc(Oc2ccccc2)n1)C(C)(C)[SiH2]c1ccccc1)c1cccc(Oc2ccccc2)n1. The number of aromatic nitrogens is 2. The molecule has 0 saturated heterocycles. The van der Waals surface area contributed by atoms with E-state index in [-0.39, 0.29) is 22.3 Å². The molecule has 0 spiro atoms. The standard InChI is InChI=1S/C42H44N2O3Si2/c1-41(2,48-33-23-13-7-14-24-33)39(35-27-17-29-37(43-35)45-31-19-9-5-10-20-31)47-40(42(3,4)49-34-25-15-8-16-26-34)36-28-18-30-38(44-36)46-32-21-11-6-12-22-32/h5-30,39-40H,48-49H2,1-4H3. The average Bonchev–Trinajstić information content (AvgIpc) is 3.10. The van der Waals surface area contributed by atoms with Gasteiger partial charge in [-0.2, -0.15) is 0 Å². The first kappa shape index (κ1) is 34.1. The fourth-order valence-electron chi connectivity index (χ4n) is 6.36. The summed E-state index contributed by atoms with van der Waals surface area (Å²) >= 11 is 0. The molecule has 0 radical (unpaired) electrons. The van der Waals surface area contributed by atoms with Crippen molar-refractivity contribution < 1.29 is 14.2 Å². The number of ether oxygens (including phenoxy) is 3. The fraction of sp³-hybridized carbons (Fsp3) is 0.190. The molecular weight excluding hydrogens is 637 g/mol. The van der Waals surface area contributed by atoms with Gasteiger partial charge in [-0.25, -0.2) is 9.97 Å². The van der Waals surface area contributed by atoms with E-state index in [1.165, 1.54) is 10.4 Å². The zero-order valence-corrected chi connectivity index (χ0v) is 31.5. The second-order valence-corrected chi connectivity index (χ2v) is 19.8. The summed E-state index contributed by atoms with van der Waals surface area (Å²) in [4.78, 5) is 10.2. The maximum absolute atomic E-state index is 7.54. The lowest BCUT2D eigenvalue weighted by molar-refractivity contribution is -0.0568. The average molecular weight is 681 g/mol. The van der Waals surface area contributed by atoms with Gasteiger partial charge in [-0.3, -0.25) is 0 Å². The minimum absolute atomic E-state index is 0.222. The second-order valence-electron chi connectivity index (χ2n) is 13.8. The van der Waals surface area contributed by atoms with Gasteiger partial charge >= 0.3 is 0 Å². The Morgan fingerprint density at radius 2 is 0.776 bits per heavy atom. The van der Waals surface area contributed by atoms with E-state index < -0.39 is 19.0 Å². The van der Waals surface area contributed by atoms with Crippen molar-refractivity contribution in [1.82, 2.24) is 9.97 Å². The van der Waals surface area contributed by atoms with Gasteiger partial charge < -0.3 is 14.2 Å². The van der Waals surface area contributed by atoms with E-state index in [0.29, 0.717) is 11.8 Å². The summed E-state index contributed by atoms with van der Waals surface area (Å²) in [5.41, 5.74) is 1.70. The zero-order valence-electron chi connectivity index (χ0n) is 28.7. The molecule has 0 aliphatic rings. The lowest BCUT2D eigenvalue weighted by Gasteiger charge is -2.41. The van der Waals surface area contributed by atoms with Crippen molar-refractivity contribution in [3.05, 3.63) is 169 Å². The molecule has 2 aromatic heterocycles. The van der Waals surface area contributed by atoms with Crippen LogP contribution in [0.15, 0.2) is 158 Å². The number of pyridine rings is 2. The van der Waals surface area contributed by atoms with Gasteiger partial charge in [-0.1, -0.05) is 147 Å². The highest BCUT2D eigenvalue weighted by atomic mass is 28.2. The maximum atomic E-state index is 7.54. The van der Waals surface area contributed by atoms with Crippen LogP contribution in [0, 0.1) is 0 Å². The Balaban J connectivity index is 1.42. The minimum Gasteiger partial charge on any atom is -0.439 e. The molecule has 6 aromatic rings. The highest BCUT2D eigenvalue weighted by molar-refractivity contribution is 6.57. The van der Waals surface area contributed by atoms with Gasteiger partial charge in [0.25, 0.3) is 0 Å². The highest BCUT2D eigenvalue weighted by Crippen LogP contribution is 2.50. The molecule has 6 rings (SSSR count). The number of para-hydroxylation sites is 2. The molecule has 0 N–H and O–H groups in total. The third-order valence-corrected chi connectivity index (χ3v) is 13.0. The summed E-state index contributed by atoms with van der Waals surface area (Å²) in [6.45, 7) is 9.30. The predicted octanol–water partition coefficient (Wildman–Crippen LogP) is 8.25. The summed E-state index contributed by atoms with van der Waals surface area (Å²) in [5, 5.41) is 2.31. The van der Waals surface area contributed by atoms with Gasteiger partial charge in [0.05, 0.1) is 30.4 Å². The molecule has 49 heavy (non-hydrogen) atoms. The molecule has 7 heteroatoms. The summed E-state index contributed by atoms with van der Waals surface area (Å²) in [5.74, 6) is 2.57. The van der Waals surface area contributed by atoms with Crippen molar-refractivity contribution in [1.29, 1.82) is 0 Å². The highest BCUT2D eigenvalue weighted by Gasteiger charge is 2.41. The Bertz CT molecular complexity index is 1770. The van der Waals surface area contributed by atoms with E-state index in [1.807, 2.05) is 84.9 Å². The van der Waals surface area contributed by atoms with Crippen LogP contribution in [0.25, 0.3) is 0 Å². The molecule has 0 aliphatic carbocycles. The Kier molecular flexibility index (Phi) is 10.8. The largest absolute Gasteiger partial charge is 0.439 e. The van der Waals surface area contributed by atoms with Crippen molar-refractivity contribution in [3.63, 3.8) is 0 Å². The van der Waals surface area contributed by atoms with Crippen molar-refractivity contribution in [2.75, 3.05) is 0 Å². The smallest absolute Gasteiger partial charge is 0.219 e. The molecule has 0 bridgehead atoms. The van der Waals surface area contributed by atoms with Crippen LogP contribution in [0.5, 0.6) is 23.3 Å². The van der Waals surface area contributed by atoms with Crippen LogP contribution in [0.4, 0.5) is 0 Å². The molecular formula is C42H44N2O3Si2. The van der Waals surface area contributed by atoms with E-state index in [0.717, 1.165) is 22.9 Å². The summed E-state index contributed by atoms with van der Waals surface area (Å²) in [7, 11) is -1.71. The lowest BCUT2D eigenvalue weighted by atomic mass is 9.97. The number of hydrogen-bond acceptors (Lipinski definition) is 5. The molecule has 0 aliphatic heterocycles. The molecule has 0 amide bonds. The normalized spacial score (nSPS) is 13.5. The third-order valence-electron chi connectivity index (χ3n) is 8.66. The van der Waals surface area contributed by atoms with Crippen molar-refractivity contribution in [3.8, 4) is 23.3 Å². The quantitative estimate of drug-likeness (QED) is 0.109. The first-order valence-corrected chi connectivity index (χ1v) is 19.7. The number of rotatable bonds is 14. The Labute approximate surface area is 295 Å². The Hall–Kier alpha value is -4.83. The van der Waals surface area contributed by atoms with Gasteiger partial charge in [0.15, 0.2) is 0 Å². The fourth-order valence-corrected chi connectivity index (χ4v) is 10.5.